The number of benzene rings is 1. The van der Waals surface area contributed by atoms with Gasteiger partial charge in [0.2, 0.25) is 15.9 Å². The Morgan fingerprint density at radius 2 is 1.85 bits per heavy atom. The molecule has 0 aliphatic carbocycles. The number of amides is 1. The van der Waals surface area contributed by atoms with Gasteiger partial charge in [0.25, 0.3) is 0 Å². The van der Waals surface area contributed by atoms with Crippen LogP contribution < -0.4 is 5.32 Å². The molecule has 2 saturated heterocycles. The summed E-state index contributed by atoms with van der Waals surface area (Å²) in [7, 11) is -3.43. The van der Waals surface area contributed by atoms with Crippen molar-refractivity contribution in [2.24, 2.45) is 0 Å². The molecule has 1 aromatic carbocycles. The quantitative estimate of drug-likeness (QED) is 0.837. The molecule has 0 radical (unpaired) electrons. The maximum atomic E-state index is 12.5. The summed E-state index contributed by atoms with van der Waals surface area (Å²) < 4.78 is 32.1. The van der Waals surface area contributed by atoms with E-state index >= 15 is 0 Å². The predicted octanol–water partition coefficient (Wildman–Crippen LogP) is 1.52. The van der Waals surface area contributed by atoms with Crippen LogP contribution in [0, 0.1) is 0 Å². The lowest BCUT2D eigenvalue weighted by Gasteiger charge is -2.34. The van der Waals surface area contributed by atoms with Gasteiger partial charge in [-0.05, 0) is 51.0 Å². The monoisotopic (exact) mass is 381 g/mol. The smallest absolute Gasteiger partial charge is 0.243 e. The van der Waals surface area contributed by atoms with E-state index in [1.165, 1.54) is 4.31 Å². The lowest BCUT2D eigenvalue weighted by atomic mass is 10.2. The van der Waals surface area contributed by atoms with Crippen molar-refractivity contribution in [3.8, 4) is 0 Å². The van der Waals surface area contributed by atoms with Gasteiger partial charge in [0.1, 0.15) is 0 Å². The first-order valence-corrected chi connectivity index (χ1v) is 10.6. The lowest BCUT2D eigenvalue weighted by molar-refractivity contribution is -0.123. The molecule has 8 heteroatoms. The van der Waals surface area contributed by atoms with Gasteiger partial charge in [-0.2, -0.15) is 4.31 Å². The van der Waals surface area contributed by atoms with Crippen LogP contribution in [-0.2, 0) is 19.6 Å². The van der Waals surface area contributed by atoms with Gasteiger partial charge in [-0.3, -0.25) is 9.69 Å². The van der Waals surface area contributed by atoms with Crippen molar-refractivity contribution in [1.82, 2.24) is 9.21 Å². The number of morpholine rings is 1. The summed E-state index contributed by atoms with van der Waals surface area (Å²) in [5, 5.41) is 2.87. The molecule has 1 amide bonds. The van der Waals surface area contributed by atoms with Crippen molar-refractivity contribution in [2.45, 2.75) is 43.7 Å². The summed E-state index contributed by atoms with van der Waals surface area (Å²) in [5.41, 5.74) is 0.600. The second-order valence-corrected chi connectivity index (χ2v) is 8.92. The molecule has 1 aromatic rings. The molecular weight excluding hydrogens is 354 g/mol. The van der Waals surface area contributed by atoms with Crippen LogP contribution in [0.2, 0.25) is 0 Å². The molecule has 0 spiro atoms. The van der Waals surface area contributed by atoms with Crippen LogP contribution in [-0.4, -0.2) is 68.5 Å². The maximum Gasteiger partial charge on any atom is 0.243 e. The molecule has 2 unspecified atom stereocenters. The molecule has 0 aromatic heterocycles. The Kier molecular flexibility index (Phi) is 5.96. The van der Waals surface area contributed by atoms with Crippen molar-refractivity contribution in [3.05, 3.63) is 24.3 Å². The van der Waals surface area contributed by atoms with E-state index < -0.39 is 10.0 Å². The molecular formula is C18H27N3O4S. The first-order valence-electron chi connectivity index (χ1n) is 9.14. The van der Waals surface area contributed by atoms with Gasteiger partial charge in [0, 0.05) is 31.9 Å². The Bertz CT molecular complexity index is 729. The normalized spacial score (nSPS) is 23.7. The van der Waals surface area contributed by atoms with E-state index in [0.29, 0.717) is 25.4 Å². The lowest BCUT2D eigenvalue weighted by Crippen LogP contribution is -2.50. The molecule has 7 nitrogen and oxygen atoms in total. The topological polar surface area (TPSA) is 79.0 Å². The fraction of sp³-hybridized carbons (Fsp3) is 0.611. The number of anilines is 1. The third-order valence-corrected chi connectivity index (χ3v) is 6.94. The van der Waals surface area contributed by atoms with Gasteiger partial charge in [0.05, 0.1) is 23.6 Å². The average Bonchev–Trinajstić information content (AvgIpc) is 3.17. The highest BCUT2D eigenvalue weighted by molar-refractivity contribution is 7.89. The Morgan fingerprint density at radius 1 is 1.19 bits per heavy atom. The highest BCUT2D eigenvalue weighted by atomic mass is 32.2. The minimum absolute atomic E-state index is 0.103. The SMILES string of the molecule is CC1CN(C(C)C(=O)Nc2ccc(S(=O)(=O)N3CCCC3)cc2)CCO1. The Balaban J connectivity index is 1.62. The molecule has 2 fully saturated rings. The zero-order chi connectivity index (χ0) is 18.7. The number of carbonyl (C=O) groups excluding carboxylic acids is 1. The third kappa shape index (κ3) is 4.25. The number of hydrogen-bond acceptors (Lipinski definition) is 5. The standard InChI is InChI=1S/C18H27N3O4S/c1-14-13-20(11-12-25-14)15(2)18(22)19-16-5-7-17(8-6-16)26(23,24)21-9-3-4-10-21/h5-8,14-15H,3-4,9-13H2,1-2H3,(H,19,22). The van der Waals surface area contributed by atoms with E-state index in [-0.39, 0.29) is 22.9 Å². The van der Waals surface area contributed by atoms with Gasteiger partial charge in [0.15, 0.2) is 0 Å². The fourth-order valence-electron chi connectivity index (χ4n) is 3.40. The summed E-state index contributed by atoms with van der Waals surface area (Å²) >= 11 is 0. The van der Waals surface area contributed by atoms with Crippen molar-refractivity contribution in [1.29, 1.82) is 0 Å². The zero-order valence-corrected chi connectivity index (χ0v) is 16.2. The fourth-order valence-corrected chi connectivity index (χ4v) is 4.91. The van der Waals surface area contributed by atoms with Crippen LogP contribution in [0.1, 0.15) is 26.7 Å². The number of nitrogens with zero attached hydrogens (tertiary/aromatic N) is 2. The van der Waals surface area contributed by atoms with Gasteiger partial charge in [-0.15, -0.1) is 0 Å². The van der Waals surface area contributed by atoms with Crippen LogP contribution >= 0.6 is 0 Å². The Morgan fingerprint density at radius 3 is 2.46 bits per heavy atom. The number of hydrogen-bond donors (Lipinski definition) is 1. The number of rotatable bonds is 5. The third-order valence-electron chi connectivity index (χ3n) is 5.02. The average molecular weight is 381 g/mol. The first kappa shape index (κ1) is 19.3. The molecule has 2 heterocycles. The van der Waals surface area contributed by atoms with E-state index in [9.17, 15) is 13.2 Å². The summed E-state index contributed by atoms with van der Waals surface area (Å²) in [6, 6.07) is 6.15. The van der Waals surface area contributed by atoms with Crippen LogP contribution in [0.25, 0.3) is 0 Å². The minimum Gasteiger partial charge on any atom is -0.376 e. The van der Waals surface area contributed by atoms with E-state index in [1.807, 2.05) is 13.8 Å². The van der Waals surface area contributed by atoms with Crippen molar-refractivity contribution in [2.75, 3.05) is 38.1 Å². The molecule has 144 valence electrons. The predicted molar refractivity (Wildman–Crippen MR) is 99.5 cm³/mol. The molecule has 2 atom stereocenters. The molecule has 1 N–H and O–H groups in total. The summed E-state index contributed by atoms with van der Waals surface area (Å²) in [5.74, 6) is -0.103. The number of sulfonamides is 1. The van der Waals surface area contributed by atoms with Crippen molar-refractivity contribution >= 4 is 21.6 Å². The Hall–Kier alpha value is -1.48. The second kappa shape index (κ2) is 8.04. The summed E-state index contributed by atoms with van der Waals surface area (Å²) in [6.45, 7) is 7.11. The molecule has 2 aliphatic rings. The van der Waals surface area contributed by atoms with Crippen molar-refractivity contribution in [3.63, 3.8) is 0 Å². The Labute approximate surface area is 155 Å². The van der Waals surface area contributed by atoms with Crippen molar-refractivity contribution < 1.29 is 17.9 Å². The summed E-state index contributed by atoms with van der Waals surface area (Å²) in [4.78, 5) is 14.9. The maximum absolute atomic E-state index is 12.5. The number of nitrogens with one attached hydrogen (secondary N) is 1. The first-order chi connectivity index (χ1) is 12.4. The number of carbonyl (C=O) groups is 1. The summed E-state index contributed by atoms with van der Waals surface area (Å²) in [6.07, 6.45) is 1.94. The van der Waals surface area contributed by atoms with E-state index in [2.05, 4.69) is 10.2 Å². The van der Waals surface area contributed by atoms with Gasteiger partial charge >= 0.3 is 0 Å². The van der Waals surface area contributed by atoms with Crippen LogP contribution in [0.15, 0.2) is 29.2 Å². The highest BCUT2D eigenvalue weighted by Crippen LogP contribution is 2.22. The molecule has 0 bridgehead atoms. The second-order valence-electron chi connectivity index (χ2n) is 6.98. The molecule has 26 heavy (non-hydrogen) atoms. The van der Waals surface area contributed by atoms with Gasteiger partial charge in [-0.25, -0.2) is 8.42 Å². The molecule has 0 saturated carbocycles. The van der Waals surface area contributed by atoms with E-state index in [4.69, 9.17) is 4.74 Å². The van der Waals surface area contributed by atoms with Gasteiger partial charge < -0.3 is 10.1 Å². The van der Waals surface area contributed by atoms with E-state index in [1.54, 1.807) is 24.3 Å². The number of ether oxygens (including phenoxy) is 1. The molecule has 2 aliphatic heterocycles. The minimum atomic E-state index is -3.43. The van der Waals surface area contributed by atoms with Gasteiger partial charge in [-0.1, -0.05) is 0 Å². The molecule has 3 rings (SSSR count). The highest BCUT2D eigenvalue weighted by Gasteiger charge is 2.28. The van der Waals surface area contributed by atoms with Crippen LogP contribution in [0.5, 0.6) is 0 Å². The largest absolute Gasteiger partial charge is 0.376 e. The van der Waals surface area contributed by atoms with Crippen LogP contribution in [0.3, 0.4) is 0 Å². The van der Waals surface area contributed by atoms with E-state index in [0.717, 1.165) is 25.9 Å². The zero-order valence-electron chi connectivity index (χ0n) is 15.3. The van der Waals surface area contributed by atoms with Crippen LogP contribution in [0.4, 0.5) is 5.69 Å².